The number of aromatic amines is 1. The Hall–Kier alpha value is -2.43. The van der Waals surface area contributed by atoms with Crippen molar-refractivity contribution in [2.45, 2.75) is 0 Å². The Morgan fingerprint density at radius 1 is 1.19 bits per heavy atom. The summed E-state index contributed by atoms with van der Waals surface area (Å²) >= 11 is 0. The van der Waals surface area contributed by atoms with Crippen LogP contribution in [0.5, 0.6) is 0 Å². The van der Waals surface area contributed by atoms with E-state index in [4.69, 9.17) is 0 Å². The normalized spacial score (nSPS) is 12.2. The van der Waals surface area contributed by atoms with Gasteiger partial charge in [-0.05, 0) is 18.2 Å². The molecule has 0 fully saturated rings. The molecule has 1 aliphatic rings. The van der Waals surface area contributed by atoms with Crippen molar-refractivity contribution in [3.63, 3.8) is 0 Å². The fourth-order valence-corrected chi connectivity index (χ4v) is 1.74. The second-order valence-corrected chi connectivity index (χ2v) is 3.71. The minimum Gasteiger partial charge on any atom is -0.336 e. The maximum absolute atomic E-state index is 4.43. The highest BCUT2D eigenvalue weighted by Crippen LogP contribution is 2.38. The quantitative estimate of drug-likeness (QED) is 0.470. The van der Waals surface area contributed by atoms with Gasteiger partial charge in [-0.3, -0.25) is 4.98 Å². The number of nitrogens with zero attached hydrogens (tertiary/aromatic N) is 3. The molecule has 3 aromatic rings. The number of pyridine rings is 2. The number of rotatable bonds is 1. The lowest BCUT2D eigenvalue weighted by atomic mass is 10.3. The second kappa shape index (κ2) is 2.57. The third-order valence-electron chi connectivity index (χ3n) is 2.60. The molecule has 0 bridgehead atoms. The minimum absolute atomic E-state index is 0.739. The predicted molar refractivity (Wildman–Crippen MR) is 60.4 cm³/mol. The van der Waals surface area contributed by atoms with Crippen LogP contribution in [0.1, 0.15) is 0 Å². The van der Waals surface area contributed by atoms with Gasteiger partial charge in [0.1, 0.15) is 5.82 Å². The fraction of sp³-hybridized carbons (Fsp3) is 0. The van der Waals surface area contributed by atoms with E-state index in [9.17, 15) is 0 Å². The lowest BCUT2D eigenvalue weighted by Gasteiger charge is -1.92. The highest BCUT2D eigenvalue weighted by molar-refractivity contribution is 5.94. The lowest BCUT2D eigenvalue weighted by molar-refractivity contribution is 1.27. The Bertz CT molecular complexity index is 647. The van der Waals surface area contributed by atoms with Crippen molar-refractivity contribution in [3.8, 4) is 11.4 Å². The molecule has 0 atom stereocenters. The van der Waals surface area contributed by atoms with Gasteiger partial charge in [-0.2, -0.15) is 0 Å². The monoisotopic (exact) mass is 209 g/mol. The summed E-state index contributed by atoms with van der Waals surface area (Å²) in [6, 6.07) is 5.88. The Balaban J connectivity index is 1.94. The number of H-pyrrole nitrogens is 1. The van der Waals surface area contributed by atoms with E-state index in [1.54, 1.807) is 12.4 Å². The van der Waals surface area contributed by atoms with E-state index in [-0.39, 0.29) is 0 Å². The van der Waals surface area contributed by atoms with Gasteiger partial charge in [-0.1, -0.05) is 0 Å². The van der Waals surface area contributed by atoms with Crippen LogP contribution in [0.2, 0.25) is 0 Å². The van der Waals surface area contributed by atoms with Gasteiger partial charge in [0.05, 0.1) is 11.2 Å². The first-order valence-electron chi connectivity index (χ1n) is 4.98. The molecule has 0 unspecified atom stereocenters. The van der Waals surface area contributed by atoms with Crippen LogP contribution in [-0.4, -0.2) is 19.9 Å². The summed E-state index contributed by atoms with van der Waals surface area (Å²) in [4.78, 5) is 16.1. The number of fused-ring (bicyclic) bond motifs is 2. The largest absolute Gasteiger partial charge is 0.336 e. The van der Waals surface area contributed by atoms with E-state index in [0.29, 0.717) is 0 Å². The summed E-state index contributed by atoms with van der Waals surface area (Å²) in [5, 5.41) is 3.06. The molecule has 5 nitrogen and oxygen atoms in total. The standard InChI is InChI=1S/C11H7N5/c1-2-6(5-12-3-1)9-13-8-4-7-10(14-7)16-11(8)15-9/h1-5H,(H2,13,14,15,16). The highest BCUT2D eigenvalue weighted by Gasteiger charge is 2.20. The first-order valence-corrected chi connectivity index (χ1v) is 4.98. The van der Waals surface area contributed by atoms with Crippen LogP contribution >= 0.6 is 0 Å². The number of imidazole rings is 1. The summed E-state index contributed by atoms with van der Waals surface area (Å²) in [7, 11) is 0. The SMILES string of the molecule is c1cncc(-c2nc3nc4c(cc3[nH]2)N4)c1. The summed E-state index contributed by atoms with van der Waals surface area (Å²) in [5.74, 6) is 1.73. The maximum Gasteiger partial charge on any atom is 0.180 e. The molecule has 1 aliphatic heterocycles. The van der Waals surface area contributed by atoms with Gasteiger partial charge in [0.15, 0.2) is 11.5 Å². The number of hydrogen-bond acceptors (Lipinski definition) is 4. The molecular weight excluding hydrogens is 202 g/mol. The number of hydrogen-bond donors (Lipinski definition) is 2. The Kier molecular flexibility index (Phi) is 1.26. The van der Waals surface area contributed by atoms with Crippen LogP contribution in [0.25, 0.3) is 22.6 Å². The summed E-state index contributed by atoms with van der Waals surface area (Å²) < 4.78 is 0. The van der Waals surface area contributed by atoms with Crippen LogP contribution in [0.4, 0.5) is 11.5 Å². The zero-order chi connectivity index (χ0) is 10.5. The van der Waals surface area contributed by atoms with Crippen molar-refractivity contribution in [1.82, 2.24) is 19.9 Å². The Morgan fingerprint density at radius 3 is 3.06 bits per heavy atom. The first-order chi connectivity index (χ1) is 7.90. The number of nitrogens with one attached hydrogen (secondary N) is 2. The van der Waals surface area contributed by atoms with Gasteiger partial charge in [-0.25, -0.2) is 9.97 Å². The van der Waals surface area contributed by atoms with E-state index in [1.165, 1.54) is 0 Å². The van der Waals surface area contributed by atoms with Crippen molar-refractivity contribution >= 4 is 22.7 Å². The molecule has 0 saturated carbocycles. The molecule has 4 heterocycles. The molecule has 0 aromatic carbocycles. The third-order valence-corrected chi connectivity index (χ3v) is 2.60. The molecule has 0 amide bonds. The van der Waals surface area contributed by atoms with Crippen molar-refractivity contribution in [1.29, 1.82) is 0 Å². The van der Waals surface area contributed by atoms with Crippen LogP contribution in [0.15, 0.2) is 30.6 Å². The first kappa shape index (κ1) is 7.81. The average molecular weight is 209 g/mol. The van der Waals surface area contributed by atoms with Crippen LogP contribution in [0.3, 0.4) is 0 Å². The molecule has 0 aliphatic carbocycles. The number of anilines is 2. The van der Waals surface area contributed by atoms with Crippen molar-refractivity contribution in [2.75, 3.05) is 5.32 Å². The van der Waals surface area contributed by atoms with Gasteiger partial charge in [-0.15, -0.1) is 0 Å². The van der Waals surface area contributed by atoms with Crippen LogP contribution < -0.4 is 5.32 Å². The molecule has 0 saturated heterocycles. The lowest BCUT2D eigenvalue weighted by Crippen LogP contribution is -1.80. The van der Waals surface area contributed by atoms with Gasteiger partial charge in [0.2, 0.25) is 0 Å². The molecule has 2 N–H and O–H groups in total. The van der Waals surface area contributed by atoms with E-state index in [0.717, 1.165) is 34.1 Å². The molecular formula is C11H7N5. The topological polar surface area (TPSA) is 76.4 Å². The molecule has 76 valence electrons. The summed E-state index contributed by atoms with van der Waals surface area (Å²) in [5.41, 5.74) is 3.73. The molecule has 0 spiro atoms. The smallest absolute Gasteiger partial charge is 0.180 e. The molecule has 16 heavy (non-hydrogen) atoms. The minimum atomic E-state index is 0.739. The van der Waals surface area contributed by atoms with E-state index in [2.05, 4.69) is 25.3 Å². The zero-order valence-electron chi connectivity index (χ0n) is 8.23. The average Bonchev–Trinajstić information content (AvgIpc) is 2.95. The molecule has 0 radical (unpaired) electrons. The van der Waals surface area contributed by atoms with Crippen LogP contribution in [0, 0.1) is 0 Å². The van der Waals surface area contributed by atoms with Gasteiger partial charge < -0.3 is 10.3 Å². The van der Waals surface area contributed by atoms with E-state index in [1.807, 2.05) is 18.2 Å². The summed E-state index contributed by atoms with van der Waals surface area (Å²) in [6.45, 7) is 0. The highest BCUT2D eigenvalue weighted by atomic mass is 15.2. The van der Waals surface area contributed by atoms with Crippen molar-refractivity contribution in [3.05, 3.63) is 30.6 Å². The van der Waals surface area contributed by atoms with Gasteiger partial charge in [0.25, 0.3) is 0 Å². The van der Waals surface area contributed by atoms with E-state index < -0.39 is 0 Å². The summed E-state index contributed by atoms with van der Waals surface area (Å²) in [6.07, 6.45) is 3.53. The molecule has 3 aromatic heterocycles. The fourth-order valence-electron chi connectivity index (χ4n) is 1.74. The van der Waals surface area contributed by atoms with Gasteiger partial charge >= 0.3 is 0 Å². The van der Waals surface area contributed by atoms with Crippen molar-refractivity contribution < 1.29 is 0 Å². The van der Waals surface area contributed by atoms with Gasteiger partial charge in [0, 0.05) is 18.0 Å². The second-order valence-electron chi connectivity index (χ2n) is 3.71. The Morgan fingerprint density at radius 2 is 2.19 bits per heavy atom. The molecule has 5 heteroatoms. The Labute approximate surface area is 90.6 Å². The number of aromatic nitrogens is 4. The third kappa shape index (κ3) is 1.02. The zero-order valence-corrected chi connectivity index (χ0v) is 8.23. The van der Waals surface area contributed by atoms with Crippen LogP contribution in [-0.2, 0) is 0 Å². The predicted octanol–water partition coefficient (Wildman–Crippen LogP) is 2.08. The van der Waals surface area contributed by atoms with Crippen molar-refractivity contribution in [2.24, 2.45) is 0 Å². The molecule has 4 rings (SSSR count). The maximum atomic E-state index is 4.43. The van der Waals surface area contributed by atoms with E-state index >= 15 is 0 Å².